The SMILES string of the molecule is c1cc(-c2ccc3c(c2)oc2c4ccccc4ccc32)cc(N(c2ccc(-c3cccc(-n4c5ccccc5c5ccccc54)c3)cc2)c2ccc(-c3cccc4ccccc34)cc2)c1. The smallest absolute Gasteiger partial charge is 0.143 e. The van der Waals surface area contributed by atoms with Crippen LogP contribution in [-0.2, 0) is 0 Å². The van der Waals surface area contributed by atoms with Gasteiger partial charge in [-0.05, 0) is 128 Å². The molecular formula is C62H40N2O. The van der Waals surface area contributed by atoms with Crippen molar-refractivity contribution in [3.05, 3.63) is 243 Å². The zero-order valence-corrected chi connectivity index (χ0v) is 35.4. The maximum absolute atomic E-state index is 6.62. The van der Waals surface area contributed by atoms with Crippen LogP contribution in [0, 0.1) is 0 Å². The molecule has 11 aromatic carbocycles. The fourth-order valence-electron chi connectivity index (χ4n) is 10.1. The molecule has 2 heterocycles. The first-order valence-electron chi connectivity index (χ1n) is 22.2. The summed E-state index contributed by atoms with van der Waals surface area (Å²) in [6.45, 7) is 0. The Morgan fingerprint density at radius 1 is 0.308 bits per heavy atom. The molecule has 0 N–H and O–H groups in total. The molecule has 3 nitrogen and oxygen atoms in total. The normalized spacial score (nSPS) is 11.7. The number of benzene rings is 11. The fraction of sp³-hybridized carbons (Fsp3) is 0. The number of hydrogen-bond acceptors (Lipinski definition) is 2. The quantitative estimate of drug-likeness (QED) is 0.160. The van der Waals surface area contributed by atoms with E-state index in [1.54, 1.807) is 0 Å². The highest BCUT2D eigenvalue weighted by atomic mass is 16.3. The Morgan fingerprint density at radius 2 is 0.846 bits per heavy atom. The van der Waals surface area contributed by atoms with E-state index in [0.717, 1.165) is 72.3 Å². The fourth-order valence-corrected chi connectivity index (χ4v) is 10.1. The lowest BCUT2D eigenvalue weighted by Crippen LogP contribution is -2.10. The summed E-state index contributed by atoms with van der Waals surface area (Å²) in [5.41, 5.74) is 15.5. The lowest BCUT2D eigenvalue weighted by atomic mass is 9.98. The molecule has 0 spiro atoms. The van der Waals surface area contributed by atoms with Gasteiger partial charge >= 0.3 is 0 Å². The Bertz CT molecular complexity index is 3890. The van der Waals surface area contributed by atoms with Gasteiger partial charge in [0.15, 0.2) is 0 Å². The van der Waals surface area contributed by atoms with Crippen LogP contribution in [0.3, 0.4) is 0 Å². The highest BCUT2D eigenvalue weighted by Crippen LogP contribution is 2.41. The van der Waals surface area contributed by atoms with E-state index < -0.39 is 0 Å². The molecule has 0 radical (unpaired) electrons. The second-order valence-electron chi connectivity index (χ2n) is 16.9. The number of furan rings is 1. The summed E-state index contributed by atoms with van der Waals surface area (Å²) in [7, 11) is 0. The predicted octanol–water partition coefficient (Wildman–Crippen LogP) is 17.5. The molecule has 0 saturated carbocycles. The zero-order valence-electron chi connectivity index (χ0n) is 35.4. The van der Waals surface area contributed by atoms with E-state index in [1.807, 2.05) is 0 Å². The average Bonchev–Trinajstić information content (AvgIpc) is 3.93. The van der Waals surface area contributed by atoms with Gasteiger partial charge in [0.1, 0.15) is 11.2 Å². The van der Waals surface area contributed by atoms with Crippen LogP contribution in [0.4, 0.5) is 17.1 Å². The molecule has 0 aliphatic heterocycles. The van der Waals surface area contributed by atoms with Crippen molar-refractivity contribution in [3.63, 3.8) is 0 Å². The van der Waals surface area contributed by atoms with Gasteiger partial charge in [-0.1, -0.05) is 164 Å². The molecule has 13 rings (SSSR count). The van der Waals surface area contributed by atoms with Crippen LogP contribution in [0.1, 0.15) is 0 Å². The molecule has 0 atom stereocenters. The summed E-state index contributed by atoms with van der Waals surface area (Å²) < 4.78 is 9.00. The third kappa shape index (κ3) is 6.20. The number of fused-ring (bicyclic) bond motifs is 9. The van der Waals surface area contributed by atoms with Crippen molar-refractivity contribution in [2.75, 3.05) is 4.90 Å². The van der Waals surface area contributed by atoms with Crippen LogP contribution in [0.25, 0.3) is 104 Å². The van der Waals surface area contributed by atoms with Crippen molar-refractivity contribution in [3.8, 4) is 39.1 Å². The minimum atomic E-state index is 0.887. The van der Waals surface area contributed by atoms with Crippen molar-refractivity contribution in [1.82, 2.24) is 4.57 Å². The third-order valence-electron chi connectivity index (χ3n) is 13.2. The van der Waals surface area contributed by atoms with Gasteiger partial charge in [-0.2, -0.15) is 0 Å². The Balaban J connectivity index is 0.902. The van der Waals surface area contributed by atoms with Gasteiger partial charge in [-0.3, -0.25) is 0 Å². The van der Waals surface area contributed by atoms with Crippen molar-refractivity contribution < 1.29 is 4.42 Å². The van der Waals surface area contributed by atoms with Gasteiger partial charge in [-0.25, -0.2) is 0 Å². The first kappa shape index (κ1) is 36.9. The summed E-state index contributed by atoms with van der Waals surface area (Å²) in [4.78, 5) is 2.36. The van der Waals surface area contributed by atoms with Crippen LogP contribution in [0.5, 0.6) is 0 Å². The Labute approximate surface area is 376 Å². The molecule has 0 bridgehead atoms. The summed E-state index contributed by atoms with van der Waals surface area (Å²) in [5, 5.41) is 9.58. The molecule has 65 heavy (non-hydrogen) atoms. The van der Waals surface area contributed by atoms with Gasteiger partial charge < -0.3 is 13.9 Å². The lowest BCUT2D eigenvalue weighted by Gasteiger charge is -2.26. The van der Waals surface area contributed by atoms with Crippen molar-refractivity contribution in [2.45, 2.75) is 0 Å². The molecule has 304 valence electrons. The van der Waals surface area contributed by atoms with Crippen LogP contribution in [0.2, 0.25) is 0 Å². The van der Waals surface area contributed by atoms with E-state index in [0.29, 0.717) is 0 Å². The molecule has 0 aliphatic carbocycles. The number of anilines is 3. The second kappa shape index (κ2) is 15.0. The summed E-state index contributed by atoms with van der Waals surface area (Å²) >= 11 is 0. The van der Waals surface area contributed by atoms with E-state index in [9.17, 15) is 0 Å². The van der Waals surface area contributed by atoms with Crippen molar-refractivity contribution >= 4 is 82.4 Å². The summed E-state index contributed by atoms with van der Waals surface area (Å²) in [6.07, 6.45) is 0. The van der Waals surface area contributed by atoms with Crippen molar-refractivity contribution in [1.29, 1.82) is 0 Å². The summed E-state index contributed by atoms with van der Waals surface area (Å²) in [6, 6.07) is 87.7. The lowest BCUT2D eigenvalue weighted by molar-refractivity contribution is 0.673. The van der Waals surface area contributed by atoms with E-state index >= 15 is 0 Å². The van der Waals surface area contributed by atoms with Crippen LogP contribution >= 0.6 is 0 Å². The van der Waals surface area contributed by atoms with E-state index in [4.69, 9.17) is 4.42 Å². The Hall–Kier alpha value is -8.66. The van der Waals surface area contributed by atoms with E-state index in [-0.39, 0.29) is 0 Å². The first-order chi connectivity index (χ1) is 32.2. The molecule has 0 aliphatic rings. The molecule has 0 fully saturated rings. The van der Waals surface area contributed by atoms with E-state index in [2.05, 4.69) is 252 Å². The van der Waals surface area contributed by atoms with Gasteiger partial charge in [0.05, 0.1) is 11.0 Å². The van der Waals surface area contributed by atoms with Gasteiger partial charge in [0.25, 0.3) is 0 Å². The second-order valence-corrected chi connectivity index (χ2v) is 16.9. The minimum Gasteiger partial charge on any atom is -0.455 e. The molecule has 0 amide bonds. The van der Waals surface area contributed by atoms with Crippen LogP contribution < -0.4 is 4.90 Å². The number of rotatable bonds is 7. The largest absolute Gasteiger partial charge is 0.455 e. The van der Waals surface area contributed by atoms with Gasteiger partial charge in [0, 0.05) is 49.7 Å². The molecule has 3 heteroatoms. The van der Waals surface area contributed by atoms with Crippen LogP contribution in [-0.4, -0.2) is 4.57 Å². The number of para-hydroxylation sites is 2. The number of hydrogen-bond donors (Lipinski definition) is 0. The summed E-state index contributed by atoms with van der Waals surface area (Å²) in [5.74, 6) is 0. The van der Waals surface area contributed by atoms with E-state index in [1.165, 1.54) is 49.1 Å². The Kier molecular flexibility index (Phi) is 8.53. The minimum absolute atomic E-state index is 0.887. The molecule has 2 aromatic heterocycles. The Morgan fingerprint density at radius 3 is 1.58 bits per heavy atom. The molecular weight excluding hydrogens is 789 g/mol. The standard InChI is InChI=1S/C62H40N2O/c1-3-19-52-42(12-1)14-11-23-53(52)44-28-34-49(35-29-44)63(50-17-10-16-46(39-50)47-31-36-57-58-37-30-43-13-2-4-20-54(43)62(58)65-61(57)40-47)48-32-26-41(27-33-48)45-15-9-18-51(38-45)64-59-24-7-5-21-55(59)56-22-6-8-25-60(56)64/h1-40H. The first-order valence-corrected chi connectivity index (χ1v) is 22.2. The monoisotopic (exact) mass is 828 g/mol. The molecule has 0 unspecified atom stereocenters. The van der Waals surface area contributed by atoms with Crippen LogP contribution in [0.15, 0.2) is 247 Å². The van der Waals surface area contributed by atoms with Gasteiger partial charge in [0.2, 0.25) is 0 Å². The number of nitrogens with zero attached hydrogens (tertiary/aromatic N) is 2. The third-order valence-corrected chi connectivity index (χ3v) is 13.2. The highest BCUT2D eigenvalue weighted by Gasteiger charge is 2.17. The van der Waals surface area contributed by atoms with Gasteiger partial charge in [-0.15, -0.1) is 0 Å². The maximum atomic E-state index is 6.62. The zero-order chi connectivity index (χ0) is 42.8. The molecule has 13 aromatic rings. The highest BCUT2D eigenvalue weighted by molar-refractivity contribution is 6.15. The molecule has 0 saturated heterocycles. The maximum Gasteiger partial charge on any atom is 0.143 e. The topological polar surface area (TPSA) is 21.3 Å². The number of aromatic nitrogens is 1. The van der Waals surface area contributed by atoms with Crippen molar-refractivity contribution in [2.24, 2.45) is 0 Å². The average molecular weight is 829 g/mol. The predicted molar refractivity (Wildman–Crippen MR) is 274 cm³/mol.